The van der Waals surface area contributed by atoms with Crippen molar-refractivity contribution in [3.63, 3.8) is 0 Å². The summed E-state index contributed by atoms with van der Waals surface area (Å²) in [5.74, 6) is 0.0439. The molecule has 0 saturated heterocycles. The number of aromatic nitrogens is 1. The van der Waals surface area contributed by atoms with Crippen LogP contribution in [-0.4, -0.2) is 42.7 Å². The number of methoxy groups -OCH3 is 1. The normalized spacial score (nSPS) is 14.1. The topological polar surface area (TPSA) is 71.6 Å². The van der Waals surface area contributed by atoms with E-state index < -0.39 is 11.5 Å². The van der Waals surface area contributed by atoms with Gasteiger partial charge in [0.1, 0.15) is 5.60 Å². The average molecular weight is 492 g/mol. The summed E-state index contributed by atoms with van der Waals surface area (Å²) in [7, 11) is 5.69. The van der Waals surface area contributed by atoms with Crippen molar-refractivity contribution in [2.24, 2.45) is 0 Å². The van der Waals surface area contributed by atoms with Crippen molar-refractivity contribution >= 4 is 27.4 Å². The second kappa shape index (κ2) is 10.2. The van der Waals surface area contributed by atoms with E-state index in [1.54, 1.807) is 7.11 Å². The highest BCUT2D eigenvalue weighted by Gasteiger charge is 2.43. The zero-order valence-electron chi connectivity index (χ0n) is 21.6. The number of rotatable bonds is 8. The Kier molecular flexibility index (Phi) is 6.83. The molecule has 5 rings (SSSR count). The standard InChI is InChI=1S/C32H33N3O2/c1-35(2)19-18-32(36,28-15-9-13-22-10-7-8-14-26(22)28)30(23-11-5-4-6-12-23)27-21-24-20-25(33)16-17-29(24)34-31(27)37-3/h4-17,20-21,30,36H,18-19,33H2,1-3H3. The molecule has 1 aromatic heterocycles. The van der Waals surface area contributed by atoms with Crippen molar-refractivity contribution < 1.29 is 9.84 Å². The van der Waals surface area contributed by atoms with Gasteiger partial charge in [-0.05, 0) is 66.7 Å². The molecule has 0 bridgehead atoms. The number of anilines is 1. The minimum absolute atomic E-state index is 0.451. The van der Waals surface area contributed by atoms with Crippen LogP contribution in [0.3, 0.4) is 0 Å². The molecule has 0 radical (unpaired) electrons. The van der Waals surface area contributed by atoms with Crippen LogP contribution in [0.5, 0.6) is 5.88 Å². The molecule has 5 nitrogen and oxygen atoms in total. The molecular formula is C32H33N3O2. The maximum Gasteiger partial charge on any atom is 0.217 e. The monoisotopic (exact) mass is 491 g/mol. The molecule has 188 valence electrons. The predicted molar refractivity (Wildman–Crippen MR) is 152 cm³/mol. The van der Waals surface area contributed by atoms with E-state index in [1.165, 1.54) is 0 Å². The summed E-state index contributed by atoms with van der Waals surface area (Å²) in [6.45, 7) is 0.694. The molecule has 0 aliphatic carbocycles. The van der Waals surface area contributed by atoms with Gasteiger partial charge < -0.3 is 20.5 Å². The Hall–Kier alpha value is -3.93. The van der Waals surface area contributed by atoms with Gasteiger partial charge in [0.15, 0.2) is 0 Å². The van der Waals surface area contributed by atoms with Crippen LogP contribution in [0.15, 0.2) is 97.1 Å². The van der Waals surface area contributed by atoms with Crippen LogP contribution >= 0.6 is 0 Å². The molecule has 3 N–H and O–H groups in total. The molecule has 2 unspecified atom stereocenters. The molecule has 1 heterocycles. The lowest BCUT2D eigenvalue weighted by Gasteiger charge is -2.39. The summed E-state index contributed by atoms with van der Waals surface area (Å²) in [5, 5.41) is 16.0. The van der Waals surface area contributed by atoms with Crippen LogP contribution in [0.4, 0.5) is 5.69 Å². The van der Waals surface area contributed by atoms with E-state index in [0.717, 1.165) is 38.4 Å². The molecule has 5 aromatic rings. The van der Waals surface area contributed by atoms with Crippen LogP contribution < -0.4 is 10.5 Å². The maximum absolute atomic E-state index is 13.0. The number of nitrogens with zero attached hydrogens (tertiary/aromatic N) is 2. The van der Waals surface area contributed by atoms with Crippen molar-refractivity contribution in [1.29, 1.82) is 0 Å². The zero-order chi connectivity index (χ0) is 26.0. The average Bonchev–Trinajstić information content (AvgIpc) is 2.92. The molecule has 0 aliphatic heterocycles. The minimum atomic E-state index is -1.27. The molecular weight excluding hydrogens is 458 g/mol. The number of nitrogens with two attached hydrogens (primary N) is 1. The van der Waals surface area contributed by atoms with Crippen molar-refractivity contribution in [2.45, 2.75) is 17.9 Å². The summed E-state index contributed by atoms with van der Waals surface area (Å²) < 4.78 is 5.87. The molecule has 5 heteroatoms. The summed E-state index contributed by atoms with van der Waals surface area (Å²) in [4.78, 5) is 6.95. The summed E-state index contributed by atoms with van der Waals surface area (Å²) in [6, 6.07) is 32.3. The van der Waals surface area contributed by atoms with Crippen LogP contribution in [-0.2, 0) is 5.60 Å². The molecule has 4 aromatic carbocycles. The van der Waals surface area contributed by atoms with Crippen LogP contribution in [0.2, 0.25) is 0 Å². The van der Waals surface area contributed by atoms with Gasteiger partial charge in [0.2, 0.25) is 5.88 Å². The van der Waals surface area contributed by atoms with Crippen LogP contribution in [0.1, 0.15) is 29.0 Å². The fourth-order valence-corrected chi connectivity index (χ4v) is 5.35. The van der Waals surface area contributed by atoms with Gasteiger partial charge >= 0.3 is 0 Å². The van der Waals surface area contributed by atoms with Crippen molar-refractivity contribution in [3.8, 4) is 5.88 Å². The first kappa shape index (κ1) is 24.8. The first-order valence-electron chi connectivity index (χ1n) is 12.5. The SMILES string of the molecule is COc1nc2ccc(N)cc2cc1C(c1ccccc1)C(O)(CCN(C)C)c1cccc2ccccc12. The van der Waals surface area contributed by atoms with Gasteiger partial charge in [0.05, 0.1) is 12.6 Å². The van der Waals surface area contributed by atoms with E-state index in [9.17, 15) is 5.11 Å². The Bertz CT molecular complexity index is 1530. The molecule has 0 amide bonds. The summed E-state index contributed by atoms with van der Waals surface area (Å²) in [5.41, 5.74) is 9.02. The lowest BCUT2D eigenvalue weighted by molar-refractivity contribution is 0.00520. The third kappa shape index (κ3) is 4.76. The van der Waals surface area contributed by atoms with Gasteiger partial charge in [0.25, 0.3) is 0 Å². The van der Waals surface area contributed by atoms with E-state index in [1.807, 2.05) is 74.8 Å². The number of nitrogen functional groups attached to an aromatic ring is 1. The number of fused-ring (bicyclic) bond motifs is 2. The molecule has 0 aliphatic rings. The maximum atomic E-state index is 13.0. The smallest absolute Gasteiger partial charge is 0.217 e. The van der Waals surface area contributed by atoms with Gasteiger partial charge in [-0.25, -0.2) is 4.98 Å². The van der Waals surface area contributed by atoms with E-state index >= 15 is 0 Å². The lowest BCUT2D eigenvalue weighted by Crippen LogP contribution is -2.38. The van der Waals surface area contributed by atoms with E-state index in [2.05, 4.69) is 41.3 Å². The molecule has 2 atom stereocenters. The highest BCUT2D eigenvalue weighted by molar-refractivity contribution is 5.87. The van der Waals surface area contributed by atoms with E-state index in [4.69, 9.17) is 15.5 Å². The van der Waals surface area contributed by atoms with Gasteiger partial charge in [-0.2, -0.15) is 0 Å². The van der Waals surface area contributed by atoms with Gasteiger partial charge in [0, 0.05) is 29.1 Å². The Labute approximate surface area is 218 Å². The predicted octanol–water partition coefficient (Wildman–Crippen LogP) is 5.95. The minimum Gasteiger partial charge on any atom is -0.481 e. The van der Waals surface area contributed by atoms with Gasteiger partial charge in [-0.3, -0.25) is 0 Å². The quantitative estimate of drug-likeness (QED) is 0.263. The first-order chi connectivity index (χ1) is 17.9. The Morgan fingerprint density at radius 3 is 2.38 bits per heavy atom. The second-order valence-corrected chi connectivity index (χ2v) is 9.89. The van der Waals surface area contributed by atoms with E-state index in [0.29, 0.717) is 24.5 Å². The third-order valence-electron chi connectivity index (χ3n) is 7.14. The fourth-order valence-electron chi connectivity index (χ4n) is 5.35. The number of pyridine rings is 1. The highest BCUT2D eigenvalue weighted by Crippen LogP contribution is 2.48. The second-order valence-electron chi connectivity index (χ2n) is 9.89. The van der Waals surface area contributed by atoms with Crippen molar-refractivity contribution in [2.75, 3.05) is 33.5 Å². The van der Waals surface area contributed by atoms with E-state index in [-0.39, 0.29) is 0 Å². The van der Waals surface area contributed by atoms with Crippen LogP contribution in [0.25, 0.3) is 21.7 Å². The largest absolute Gasteiger partial charge is 0.481 e. The number of benzene rings is 4. The number of ether oxygens (including phenoxy) is 1. The molecule has 37 heavy (non-hydrogen) atoms. The van der Waals surface area contributed by atoms with Gasteiger partial charge in [-0.1, -0.05) is 72.8 Å². The van der Waals surface area contributed by atoms with Crippen molar-refractivity contribution in [3.05, 3.63) is 114 Å². The van der Waals surface area contributed by atoms with Crippen LogP contribution in [0, 0.1) is 0 Å². The molecule has 0 spiro atoms. The highest BCUT2D eigenvalue weighted by atomic mass is 16.5. The zero-order valence-corrected chi connectivity index (χ0v) is 21.6. The Morgan fingerprint density at radius 1 is 0.892 bits per heavy atom. The number of hydrogen-bond acceptors (Lipinski definition) is 5. The Morgan fingerprint density at radius 2 is 1.62 bits per heavy atom. The number of aliphatic hydroxyl groups is 1. The third-order valence-corrected chi connectivity index (χ3v) is 7.14. The lowest BCUT2D eigenvalue weighted by atomic mass is 9.70. The first-order valence-corrected chi connectivity index (χ1v) is 12.5. The molecule has 0 saturated carbocycles. The molecule has 0 fully saturated rings. The van der Waals surface area contributed by atoms with Crippen molar-refractivity contribution in [1.82, 2.24) is 9.88 Å². The summed E-state index contributed by atoms with van der Waals surface area (Å²) >= 11 is 0. The summed E-state index contributed by atoms with van der Waals surface area (Å²) in [6.07, 6.45) is 0.506. The Balaban J connectivity index is 1.84. The number of hydrogen-bond donors (Lipinski definition) is 2. The fraction of sp³-hybridized carbons (Fsp3) is 0.219. The van der Waals surface area contributed by atoms with Gasteiger partial charge in [-0.15, -0.1) is 0 Å².